The number of fused-ring (bicyclic) bond motifs is 1. The van der Waals surface area contributed by atoms with Gasteiger partial charge in [0.25, 0.3) is 0 Å². The molecule has 29 heavy (non-hydrogen) atoms. The molecule has 0 saturated heterocycles. The van der Waals surface area contributed by atoms with Gasteiger partial charge in [0, 0.05) is 6.42 Å². The lowest BCUT2D eigenvalue weighted by Gasteiger charge is -2.42. The van der Waals surface area contributed by atoms with Crippen LogP contribution >= 0.6 is 0 Å². The summed E-state index contributed by atoms with van der Waals surface area (Å²) in [4.78, 5) is 0. The molecular weight excluding hydrogens is 360 g/mol. The van der Waals surface area contributed by atoms with Crippen LogP contribution in [0.1, 0.15) is 71.1 Å². The Balaban J connectivity index is 1.45. The lowest BCUT2D eigenvalue weighted by Crippen LogP contribution is -2.33. The van der Waals surface area contributed by atoms with Crippen LogP contribution in [0.2, 0.25) is 0 Å². The van der Waals surface area contributed by atoms with Gasteiger partial charge < -0.3 is 15.3 Å². The van der Waals surface area contributed by atoms with Gasteiger partial charge in [0.2, 0.25) is 0 Å². The molecule has 4 saturated carbocycles. The fraction of sp³-hybridized carbons (Fsp3) is 0.692. The first kappa shape index (κ1) is 21.1. The Morgan fingerprint density at radius 2 is 1.97 bits per heavy atom. The smallest absolute Gasteiger partial charge is 0.0811 e. The maximum absolute atomic E-state index is 10.1. The van der Waals surface area contributed by atoms with Crippen molar-refractivity contribution >= 4 is 0 Å². The minimum absolute atomic E-state index is 0.234. The van der Waals surface area contributed by atoms with Gasteiger partial charge in [-0.3, -0.25) is 0 Å². The van der Waals surface area contributed by atoms with Gasteiger partial charge in [0.05, 0.1) is 18.3 Å². The van der Waals surface area contributed by atoms with Gasteiger partial charge >= 0.3 is 0 Å². The Kier molecular flexibility index (Phi) is 6.20. The molecular formula is C26H38O3. The second-order valence-corrected chi connectivity index (χ2v) is 10.2. The summed E-state index contributed by atoms with van der Waals surface area (Å²) in [6.07, 6.45) is 18.0. The van der Waals surface area contributed by atoms with E-state index in [1.54, 1.807) is 0 Å². The van der Waals surface area contributed by atoms with E-state index in [9.17, 15) is 15.3 Å². The molecule has 0 aromatic rings. The number of aliphatic hydroxyl groups is 3. The van der Waals surface area contributed by atoms with Crippen molar-refractivity contribution in [2.24, 2.45) is 23.2 Å². The normalized spacial score (nSPS) is 42.0. The predicted molar refractivity (Wildman–Crippen MR) is 117 cm³/mol. The minimum atomic E-state index is -0.617. The first-order chi connectivity index (χ1) is 13.9. The van der Waals surface area contributed by atoms with Crippen molar-refractivity contribution in [1.82, 2.24) is 0 Å². The van der Waals surface area contributed by atoms with Crippen molar-refractivity contribution in [2.45, 2.75) is 89.4 Å². The Labute approximate surface area is 175 Å². The van der Waals surface area contributed by atoms with Gasteiger partial charge in [-0.25, -0.2) is 0 Å². The third-order valence-electron chi connectivity index (χ3n) is 8.28. The zero-order valence-electron chi connectivity index (χ0n) is 17.9. The van der Waals surface area contributed by atoms with E-state index in [0.717, 1.165) is 24.0 Å². The first-order valence-corrected chi connectivity index (χ1v) is 11.7. The van der Waals surface area contributed by atoms with Crippen LogP contribution in [0.15, 0.2) is 47.6 Å². The van der Waals surface area contributed by atoms with E-state index in [2.05, 4.69) is 31.7 Å². The molecule has 0 amide bonds. The molecule has 3 nitrogen and oxygen atoms in total. The minimum Gasteiger partial charge on any atom is -0.393 e. The van der Waals surface area contributed by atoms with E-state index < -0.39 is 12.2 Å². The standard InChI is InChI=1S/C26H38O3/c1-17-20(15-22(27)16-25(17)29)11-8-18-5-4-14-26(2)21(12-13-23(18)26)6-3-7-24(28)19-9-10-19/h3,7-8,11,19,21-25,27-29H,1,4-6,9-10,12-16H2,2H3/b7-3+,18-8+,20-11-/t21-,22+,23-,24+,25-,26+/m0/s1. The molecule has 3 N–H and O–H groups in total. The number of allylic oxidation sites excluding steroid dienone is 4. The van der Waals surface area contributed by atoms with Crippen LogP contribution in [-0.4, -0.2) is 33.6 Å². The van der Waals surface area contributed by atoms with Crippen molar-refractivity contribution in [2.75, 3.05) is 0 Å². The zero-order chi connectivity index (χ0) is 20.6. The average molecular weight is 399 g/mol. The van der Waals surface area contributed by atoms with E-state index in [1.165, 1.54) is 44.1 Å². The molecule has 0 radical (unpaired) electrons. The van der Waals surface area contributed by atoms with Crippen LogP contribution < -0.4 is 0 Å². The fourth-order valence-corrected chi connectivity index (χ4v) is 6.18. The highest BCUT2D eigenvalue weighted by molar-refractivity contribution is 5.38. The Morgan fingerprint density at radius 3 is 2.72 bits per heavy atom. The SMILES string of the molecule is C=C1/C(=C\C=C2/CCC[C@]3(C)[C@@H](C/C=C/[C@@H](O)C4CC4)CC[C@@H]23)C[C@@H](O)C[C@@H]1O. The quantitative estimate of drug-likeness (QED) is 0.581. The van der Waals surface area contributed by atoms with Gasteiger partial charge in [-0.05, 0) is 92.1 Å². The molecule has 6 atom stereocenters. The molecule has 0 heterocycles. The highest BCUT2D eigenvalue weighted by Crippen LogP contribution is 2.58. The van der Waals surface area contributed by atoms with Gasteiger partial charge in [-0.1, -0.05) is 43.4 Å². The monoisotopic (exact) mass is 398 g/mol. The average Bonchev–Trinajstić information content (AvgIpc) is 3.47. The molecule has 0 spiro atoms. The molecule has 4 aliphatic carbocycles. The molecule has 4 rings (SSSR count). The summed E-state index contributed by atoms with van der Waals surface area (Å²) in [7, 11) is 0. The molecule has 0 aromatic heterocycles. The number of hydrogen-bond donors (Lipinski definition) is 3. The van der Waals surface area contributed by atoms with Crippen molar-refractivity contribution in [3.05, 3.63) is 47.6 Å². The summed E-state index contributed by atoms with van der Waals surface area (Å²) in [6.45, 7) is 6.52. The van der Waals surface area contributed by atoms with Crippen LogP contribution in [-0.2, 0) is 0 Å². The van der Waals surface area contributed by atoms with Gasteiger partial charge in [-0.15, -0.1) is 0 Å². The third kappa shape index (κ3) is 4.47. The van der Waals surface area contributed by atoms with Crippen molar-refractivity contribution in [3.63, 3.8) is 0 Å². The summed E-state index contributed by atoms with van der Waals surface area (Å²) in [5.74, 6) is 1.84. The molecule has 0 aromatic carbocycles. The molecule has 4 aliphatic rings. The Bertz CT molecular complexity index is 713. The second kappa shape index (κ2) is 8.53. The van der Waals surface area contributed by atoms with Gasteiger partial charge in [0.15, 0.2) is 0 Å². The van der Waals surface area contributed by atoms with Crippen molar-refractivity contribution in [3.8, 4) is 0 Å². The second-order valence-electron chi connectivity index (χ2n) is 10.2. The Morgan fingerprint density at radius 1 is 1.17 bits per heavy atom. The van der Waals surface area contributed by atoms with Crippen molar-refractivity contribution in [1.29, 1.82) is 0 Å². The predicted octanol–water partition coefficient (Wildman–Crippen LogP) is 4.84. The topological polar surface area (TPSA) is 60.7 Å². The first-order valence-electron chi connectivity index (χ1n) is 11.7. The van der Waals surface area contributed by atoms with Crippen molar-refractivity contribution < 1.29 is 15.3 Å². The maximum Gasteiger partial charge on any atom is 0.0811 e. The summed E-state index contributed by atoms with van der Waals surface area (Å²) >= 11 is 0. The molecule has 4 fully saturated rings. The number of rotatable bonds is 5. The molecule has 0 aliphatic heterocycles. The Hall–Kier alpha value is -1.16. The van der Waals surface area contributed by atoms with Crippen LogP contribution in [0, 0.1) is 23.2 Å². The van der Waals surface area contributed by atoms with Crippen LogP contribution in [0.25, 0.3) is 0 Å². The van der Waals surface area contributed by atoms with E-state index in [0.29, 0.717) is 36.0 Å². The fourth-order valence-electron chi connectivity index (χ4n) is 6.18. The molecule has 3 heteroatoms. The van der Waals surface area contributed by atoms with Crippen LogP contribution in [0.4, 0.5) is 0 Å². The van der Waals surface area contributed by atoms with Crippen LogP contribution in [0.3, 0.4) is 0 Å². The molecule has 160 valence electrons. The van der Waals surface area contributed by atoms with E-state index in [1.807, 2.05) is 6.08 Å². The van der Waals surface area contributed by atoms with Crippen LogP contribution in [0.5, 0.6) is 0 Å². The number of hydrogen-bond acceptors (Lipinski definition) is 3. The summed E-state index contributed by atoms with van der Waals surface area (Å²) in [5, 5.41) is 30.2. The van der Waals surface area contributed by atoms with Gasteiger partial charge in [0.1, 0.15) is 0 Å². The summed E-state index contributed by atoms with van der Waals surface area (Å²) in [6, 6.07) is 0. The van der Waals surface area contributed by atoms with E-state index in [4.69, 9.17) is 0 Å². The maximum atomic E-state index is 10.1. The highest BCUT2D eigenvalue weighted by Gasteiger charge is 2.48. The summed E-state index contributed by atoms with van der Waals surface area (Å²) < 4.78 is 0. The van der Waals surface area contributed by atoms with E-state index >= 15 is 0 Å². The van der Waals surface area contributed by atoms with Gasteiger partial charge in [-0.2, -0.15) is 0 Å². The highest BCUT2D eigenvalue weighted by atomic mass is 16.3. The summed E-state index contributed by atoms with van der Waals surface area (Å²) in [5.41, 5.74) is 3.66. The lowest BCUT2D eigenvalue weighted by molar-refractivity contribution is 0.0862. The molecule has 0 unspecified atom stereocenters. The third-order valence-corrected chi connectivity index (χ3v) is 8.28. The molecule has 0 bridgehead atoms. The lowest BCUT2D eigenvalue weighted by atomic mass is 9.63. The van der Waals surface area contributed by atoms with E-state index in [-0.39, 0.29) is 6.10 Å². The number of aliphatic hydroxyl groups excluding tert-OH is 3. The zero-order valence-corrected chi connectivity index (χ0v) is 17.9. The largest absolute Gasteiger partial charge is 0.393 e.